The average Bonchev–Trinajstić information content (AvgIpc) is 2.34. The topological polar surface area (TPSA) is 57.6 Å². The number of nitrogens with zero attached hydrogens (tertiary/aromatic N) is 1. The summed E-state index contributed by atoms with van der Waals surface area (Å²) in [6.45, 7) is 7.51. The molecular weight excluding hydrogens is 242 g/mol. The molecule has 0 fully saturated rings. The highest BCUT2D eigenvalue weighted by molar-refractivity contribution is 5.96. The van der Waals surface area contributed by atoms with Crippen LogP contribution in [0.4, 0.5) is 0 Å². The Kier molecular flexibility index (Phi) is 5.10. The van der Waals surface area contributed by atoms with E-state index in [1.807, 2.05) is 26.0 Å². The fourth-order valence-electron chi connectivity index (χ4n) is 1.81. The largest absolute Gasteiger partial charge is 0.480 e. The van der Waals surface area contributed by atoms with Crippen molar-refractivity contribution in [1.29, 1.82) is 0 Å². The van der Waals surface area contributed by atoms with Crippen molar-refractivity contribution >= 4 is 11.9 Å². The first kappa shape index (κ1) is 15.2. The molecular formula is C15H21NO3. The molecule has 0 bridgehead atoms. The molecule has 0 radical (unpaired) electrons. The third-order valence-electron chi connectivity index (χ3n) is 3.01. The Hall–Kier alpha value is -1.84. The second kappa shape index (κ2) is 6.36. The third kappa shape index (κ3) is 4.09. The van der Waals surface area contributed by atoms with Crippen molar-refractivity contribution in [2.75, 3.05) is 6.54 Å². The second-order valence-electron chi connectivity index (χ2n) is 5.20. The van der Waals surface area contributed by atoms with Crippen LogP contribution in [0.25, 0.3) is 0 Å². The molecule has 1 N–H and O–H groups in total. The van der Waals surface area contributed by atoms with Crippen LogP contribution in [-0.2, 0) is 4.79 Å². The molecule has 0 spiro atoms. The zero-order valence-electron chi connectivity index (χ0n) is 11.9. The van der Waals surface area contributed by atoms with E-state index in [4.69, 9.17) is 5.11 Å². The Morgan fingerprint density at radius 3 is 2.00 bits per heavy atom. The smallest absolute Gasteiger partial charge is 0.323 e. The first-order valence-corrected chi connectivity index (χ1v) is 6.45. The van der Waals surface area contributed by atoms with Gasteiger partial charge in [-0.15, -0.1) is 0 Å². The molecule has 0 aromatic heterocycles. The molecule has 104 valence electrons. The van der Waals surface area contributed by atoms with Crippen molar-refractivity contribution in [1.82, 2.24) is 4.90 Å². The molecule has 1 aromatic rings. The van der Waals surface area contributed by atoms with Crippen LogP contribution in [0.15, 0.2) is 24.3 Å². The van der Waals surface area contributed by atoms with E-state index in [0.29, 0.717) is 11.5 Å². The normalized spacial score (nSPS) is 10.8. The molecule has 1 rings (SSSR count). The Morgan fingerprint density at radius 1 is 1.11 bits per heavy atom. The van der Waals surface area contributed by atoms with Gasteiger partial charge in [-0.1, -0.05) is 26.0 Å². The summed E-state index contributed by atoms with van der Waals surface area (Å²) in [5.74, 6) is -0.835. The van der Waals surface area contributed by atoms with Gasteiger partial charge in [0.05, 0.1) is 0 Å². The van der Waals surface area contributed by atoms with Crippen molar-refractivity contribution in [2.45, 2.75) is 39.7 Å². The van der Waals surface area contributed by atoms with Gasteiger partial charge in [-0.25, -0.2) is 0 Å². The molecule has 0 saturated heterocycles. The maximum Gasteiger partial charge on any atom is 0.323 e. The minimum absolute atomic E-state index is 0.145. The van der Waals surface area contributed by atoms with E-state index in [0.717, 1.165) is 5.56 Å². The zero-order valence-corrected chi connectivity index (χ0v) is 11.9. The molecule has 0 unspecified atom stereocenters. The Bertz CT molecular complexity index is 449. The van der Waals surface area contributed by atoms with E-state index in [1.54, 1.807) is 12.1 Å². The lowest BCUT2D eigenvalue weighted by atomic mass is 10.0. The van der Waals surface area contributed by atoms with Crippen LogP contribution in [-0.4, -0.2) is 34.5 Å². The Morgan fingerprint density at radius 2 is 1.63 bits per heavy atom. The monoisotopic (exact) mass is 263 g/mol. The molecule has 4 nitrogen and oxygen atoms in total. The molecule has 19 heavy (non-hydrogen) atoms. The van der Waals surface area contributed by atoms with Crippen LogP contribution in [0.2, 0.25) is 0 Å². The molecule has 0 saturated carbocycles. The van der Waals surface area contributed by atoms with Crippen molar-refractivity contribution in [3.63, 3.8) is 0 Å². The predicted octanol–water partition coefficient (Wildman–Crippen LogP) is 2.75. The fourth-order valence-corrected chi connectivity index (χ4v) is 1.81. The number of carbonyl (C=O) groups excluding carboxylic acids is 1. The van der Waals surface area contributed by atoms with Crippen LogP contribution >= 0.6 is 0 Å². The van der Waals surface area contributed by atoms with E-state index in [9.17, 15) is 9.59 Å². The van der Waals surface area contributed by atoms with Crippen LogP contribution in [0.3, 0.4) is 0 Å². The average molecular weight is 263 g/mol. The summed E-state index contributed by atoms with van der Waals surface area (Å²) in [6.07, 6.45) is 0. The lowest BCUT2D eigenvalue weighted by Crippen LogP contribution is -2.40. The van der Waals surface area contributed by atoms with Gasteiger partial charge in [-0.3, -0.25) is 9.59 Å². The summed E-state index contributed by atoms with van der Waals surface area (Å²) in [7, 11) is 0. The lowest BCUT2D eigenvalue weighted by molar-refractivity contribution is -0.138. The third-order valence-corrected chi connectivity index (χ3v) is 3.01. The van der Waals surface area contributed by atoms with Gasteiger partial charge in [-0.2, -0.15) is 0 Å². The first-order chi connectivity index (χ1) is 8.82. The highest BCUT2D eigenvalue weighted by atomic mass is 16.4. The first-order valence-electron chi connectivity index (χ1n) is 6.45. The maximum atomic E-state index is 12.3. The van der Waals surface area contributed by atoms with Gasteiger partial charge < -0.3 is 10.0 Å². The Balaban J connectivity index is 2.93. The molecule has 0 aliphatic rings. The zero-order chi connectivity index (χ0) is 14.6. The number of amides is 1. The lowest BCUT2D eigenvalue weighted by Gasteiger charge is -2.25. The summed E-state index contributed by atoms with van der Waals surface area (Å²) in [6, 6.07) is 7.20. The van der Waals surface area contributed by atoms with E-state index in [1.165, 1.54) is 4.90 Å². The van der Waals surface area contributed by atoms with Crippen molar-refractivity contribution in [3.8, 4) is 0 Å². The summed E-state index contributed by atoms with van der Waals surface area (Å²) < 4.78 is 0. The SMILES string of the molecule is CC(C)c1ccc(C(=O)N(CC(=O)O)C(C)C)cc1. The van der Waals surface area contributed by atoms with E-state index in [-0.39, 0.29) is 18.5 Å². The minimum atomic E-state index is -0.999. The Labute approximate surface area is 114 Å². The fraction of sp³-hybridized carbons (Fsp3) is 0.467. The minimum Gasteiger partial charge on any atom is -0.480 e. The van der Waals surface area contributed by atoms with E-state index in [2.05, 4.69) is 13.8 Å². The summed E-state index contributed by atoms with van der Waals surface area (Å²) in [4.78, 5) is 24.4. The molecule has 0 aliphatic carbocycles. The number of hydrogen-bond acceptors (Lipinski definition) is 2. The number of rotatable bonds is 5. The summed E-state index contributed by atoms with van der Waals surface area (Å²) >= 11 is 0. The number of aliphatic carboxylic acids is 1. The van der Waals surface area contributed by atoms with Crippen molar-refractivity contribution in [3.05, 3.63) is 35.4 Å². The molecule has 0 atom stereocenters. The van der Waals surface area contributed by atoms with Crippen molar-refractivity contribution in [2.24, 2.45) is 0 Å². The summed E-state index contributed by atoms with van der Waals surface area (Å²) in [5, 5.41) is 8.85. The quantitative estimate of drug-likeness (QED) is 0.888. The maximum absolute atomic E-state index is 12.3. The number of benzene rings is 1. The van der Waals surface area contributed by atoms with Gasteiger partial charge in [0.25, 0.3) is 5.91 Å². The van der Waals surface area contributed by atoms with Crippen LogP contribution in [0, 0.1) is 0 Å². The van der Waals surface area contributed by atoms with E-state index >= 15 is 0 Å². The van der Waals surface area contributed by atoms with Gasteiger partial charge in [0.2, 0.25) is 0 Å². The van der Waals surface area contributed by atoms with Crippen LogP contribution in [0.5, 0.6) is 0 Å². The predicted molar refractivity (Wildman–Crippen MR) is 74.3 cm³/mol. The second-order valence-corrected chi connectivity index (χ2v) is 5.20. The number of hydrogen-bond donors (Lipinski definition) is 1. The molecule has 0 aliphatic heterocycles. The summed E-state index contributed by atoms with van der Waals surface area (Å²) in [5.41, 5.74) is 1.69. The van der Waals surface area contributed by atoms with Gasteiger partial charge in [-0.05, 0) is 37.5 Å². The van der Waals surface area contributed by atoms with E-state index < -0.39 is 5.97 Å². The standard InChI is InChI=1S/C15H21NO3/c1-10(2)12-5-7-13(8-6-12)15(19)16(11(3)4)9-14(17)18/h5-8,10-11H,9H2,1-4H3,(H,17,18). The van der Waals surface area contributed by atoms with Gasteiger partial charge in [0, 0.05) is 11.6 Å². The van der Waals surface area contributed by atoms with Crippen LogP contribution < -0.4 is 0 Å². The van der Waals surface area contributed by atoms with Gasteiger partial charge in [0.1, 0.15) is 6.54 Å². The number of carbonyl (C=O) groups is 2. The van der Waals surface area contributed by atoms with Gasteiger partial charge >= 0.3 is 5.97 Å². The highest BCUT2D eigenvalue weighted by Crippen LogP contribution is 2.16. The number of carboxylic acid groups (broad SMARTS) is 1. The highest BCUT2D eigenvalue weighted by Gasteiger charge is 2.21. The molecule has 1 amide bonds. The van der Waals surface area contributed by atoms with Gasteiger partial charge in [0.15, 0.2) is 0 Å². The number of carboxylic acids is 1. The molecule has 4 heteroatoms. The molecule has 0 heterocycles. The van der Waals surface area contributed by atoms with Crippen molar-refractivity contribution < 1.29 is 14.7 Å². The van der Waals surface area contributed by atoms with Crippen LogP contribution in [0.1, 0.15) is 49.5 Å². The molecule has 1 aromatic carbocycles.